The molecule has 2 rings (SSSR count). The van der Waals surface area contributed by atoms with Crippen molar-refractivity contribution in [3.63, 3.8) is 0 Å². The summed E-state index contributed by atoms with van der Waals surface area (Å²) < 4.78 is 19.8. The molecule has 1 aromatic heterocycles. The van der Waals surface area contributed by atoms with Crippen molar-refractivity contribution in [3.05, 3.63) is 46.6 Å². The molecular weight excluding hydrogens is 325 g/mol. The molecule has 0 radical (unpaired) electrons. The molecule has 0 bridgehead atoms. The molecule has 0 aliphatic rings. The second-order valence-electron chi connectivity index (χ2n) is 4.20. The summed E-state index contributed by atoms with van der Waals surface area (Å²) in [5.41, 5.74) is 0.756. The van der Waals surface area contributed by atoms with Gasteiger partial charge in [0.1, 0.15) is 0 Å². The van der Waals surface area contributed by atoms with Gasteiger partial charge in [0.25, 0.3) is 0 Å². The van der Waals surface area contributed by atoms with Crippen molar-refractivity contribution in [1.29, 1.82) is 0 Å². The van der Waals surface area contributed by atoms with Crippen molar-refractivity contribution < 1.29 is 9.13 Å². The summed E-state index contributed by atoms with van der Waals surface area (Å²) in [6.45, 7) is 3.61. The summed E-state index contributed by atoms with van der Waals surface area (Å²) in [5, 5.41) is 3.22. The molecule has 0 saturated heterocycles. The zero-order valence-electron chi connectivity index (χ0n) is 11.1. The topological polar surface area (TPSA) is 47.0 Å². The number of benzene rings is 1. The van der Waals surface area contributed by atoms with E-state index in [2.05, 4.69) is 38.1 Å². The van der Waals surface area contributed by atoms with Crippen LogP contribution >= 0.6 is 15.9 Å². The predicted molar refractivity (Wildman–Crippen MR) is 78.2 cm³/mol. The van der Waals surface area contributed by atoms with E-state index in [1.54, 1.807) is 18.3 Å². The highest BCUT2D eigenvalue weighted by Crippen LogP contribution is 2.26. The zero-order valence-corrected chi connectivity index (χ0v) is 12.7. The number of nitrogens with zero attached hydrogens (tertiary/aromatic N) is 2. The van der Waals surface area contributed by atoms with Crippen LogP contribution in [-0.2, 0) is 6.54 Å². The Morgan fingerprint density at radius 3 is 3.00 bits per heavy atom. The standard InChI is InChI=1S/C14H15BrFN3O/c1-2-5-17-7-11-8-18-9-14(19-11)20-13-6-10(15)3-4-12(13)16/h3-4,6,8-9,17H,2,5,7H2,1H3. The molecule has 6 heteroatoms. The summed E-state index contributed by atoms with van der Waals surface area (Å²) in [7, 11) is 0. The molecule has 0 spiro atoms. The third kappa shape index (κ3) is 4.25. The largest absolute Gasteiger partial charge is 0.434 e. The lowest BCUT2D eigenvalue weighted by Crippen LogP contribution is -2.15. The van der Waals surface area contributed by atoms with Crippen LogP contribution in [-0.4, -0.2) is 16.5 Å². The number of halogens is 2. The molecule has 0 saturated carbocycles. The van der Waals surface area contributed by atoms with Gasteiger partial charge in [0.15, 0.2) is 11.6 Å². The Morgan fingerprint density at radius 2 is 2.20 bits per heavy atom. The first-order valence-electron chi connectivity index (χ1n) is 6.33. The van der Waals surface area contributed by atoms with Crippen LogP contribution in [0.5, 0.6) is 11.6 Å². The van der Waals surface area contributed by atoms with Gasteiger partial charge >= 0.3 is 0 Å². The van der Waals surface area contributed by atoms with Gasteiger partial charge in [-0.05, 0) is 31.2 Å². The van der Waals surface area contributed by atoms with E-state index in [0.29, 0.717) is 6.54 Å². The Balaban J connectivity index is 2.09. The molecule has 0 amide bonds. The van der Waals surface area contributed by atoms with Crippen LogP contribution in [0.2, 0.25) is 0 Å². The summed E-state index contributed by atoms with van der Waals surface area (Å²) in [4.78, 5) is 8.33. The third-order valence-corrected chi connectivity index (χ3v) is 3.00. The average molecular weight is 340 g/mol. The van der Waals surface area contributed by atoms with Crippen LogP contribution in [0.25, 0.3) is 0 Å². The van der Waals surface area contributed by atoms with Crippen LogP contribution in [0.1, 0.15) is 19.0 Å². The van der Waals surface area contributed by atoms with Crippen LogP contribution in [0.4, 0.5) is 4.39 Å². The molecule has 4 nitrogen and oxygen atoms in total. The van der Waals surface area contributed by atoms with Crippen molar-refractivity contribution in [2.75, 3.05) is 6.54 Å². The average Bonchev–Trinajstić information content (AvgIpc) is 2.44. The van der Waals surface area contributed by atoms with Crippen LogP contribution in [0.3, 0.4) is 0 Å². The van der Waals surface area contributed by atoms with Crippen LogP contribution in [0, 0.1) is 5.82 Å². The van der Waals surface area contributed by atoms with Gasteiger partial charge in [-0.3, -0.25) is 4.98 Å². The third-order valence-electron chi connectivity index (χ3n) is 2.50. The van der Waals surface area contributed by atoms with Gasteiger partial charge in [-0.15, -0.1) is 0 Å². The van der Waals surface area contributed by atoms with Gasteiger partial charge in [-0.25, -0.2) is 9.37 Å². The van der Waals surface area contributed by atoms with E-state index >= 15 is 0 Å². The molecule has 20 heavy (non-hydrogen) atoms. The van der Waals surface area contributed by atoms with Gasteiger partial charge in [-0.1, -0.05) is 22.9 Å². The lowest BCUT2D eigenvalue weighted by molar-refractivity contribution is 0.422. The summed E-state index contributed by atoms with van der Waals surface area (Å²) in [6.07, 6.45) is 4.17. The maximum Gasteiger partial charge on any atom is 0.238 e. The zero-order chi connectivity index (χ0) is 14.4. The first-order chi connectivity index (χ1) is 9.69. The van der Waals surface area contributed by atoms with Crippen molar-refractivity contribution >= 4 is 15.9 Å². The summed E-state index contributed by atoms with van der Waals surface area (Å²) in [5.74, 6) is -0.0466. The molecule has 106 valence electrons. The maximum atomic E-state index is 13.6. The number of rotatable bonds is 6. The fourth-order valence-corrected chi connectivity index (χ4v) is 1.92. The van der Waals surface area contributed by atoms with Crippen molar-refractivity contribution in [1.82, 2.24) is 15.3 Å². The van der Waals surface area contributed by atoms with Gasteiger partial charge in [0, 0.05) is 17.2 Å². The minimum atomic E-state index is -0.440. The van der Waals surface area contributed by atoms with Crippen LogP contribution < -0.4 is 10.1 Å². The second kappa shape index (κ2) is 7.31. The molecule has 2 aromatic rings. The number of aromatic nitrogens is 2. The molecule has 1 aromatic carbocycles. The highest BCUT2D eigenvalue weighted by atomic mass is 79.9. The van der Waals surface area contributed by atoms with Crippen molar-refractivity contribution in [2.45, 2.75) is 19.9 Å². The highest BCUT2D eigenvalue weighted by Gasteiger charge is 2.07. The summed E-state index contributed by atoms with van der Waals surface area (Å²) in [6, 6.07) is 4.50. The number of hydrogen-bond acceptors (Lipinski definition) is 4. The summed E-state index contributed by atoms with van der Waals surface area (Å²) >= 11 is 3.27. The Bertz CT molecular complexity index is 580. The molecule has 0 fully saturated rings. The second-order valence-corrected chi connectivity index (χ2v) is 5.12. The van der Waals surface area contributed by atoms with E-state index in [1.807, 2.05) is 0 Å². The molecular formula is C14H15BrFN3O. The van der Waals surface area contributed by atoms with Gasteiger partial charge in [-0.2, -0.15) is 0 Å². The smallest absolute Gasteiger partial charge is 0.238 e. The Labute approximate surface area is 125 Å². The number of nitrogens with one attached hydrogen (secondary N) is 1. The monoisotopic (exact) mass is 339 g/mol. The van der Waals surface area contributed by atoms with Gasteiger partial charge < -0.3 is 10.1 Å². The lowest BCUT2D eigenvalue weighted by Gasteiger charge is -2.08. The minimum absolute atomic E-state index is 0.118. The number of ether oxygens (including phenoxy) is 1. The Hall–Kier alpha value is -1.53. The normalized spacial score (nSPS) is 10.6. The van der Waals surface area contributed by atoms with E-state index in [-0.39, 0.29) is 11.6 Å². The van der Waals surface area contributed by atoms with E-state index in [1.165, 1.54) is 12.3 Å². The van der Waals surface area contributed by atoms with E-state index < -0.39 is 5.82 Å². The van der Waals surface area contributed by atoms with E-state index in [0.717, 1.165) is 23.1 Å². The molecule has 1 heterocycles. The Kier molecular flexibility index (Phi) is 5.43. The molecule has 0 aliphatic carbocycles. The molecule has 1 N–H and O–H groups in total. The van der Waals surface area contributed by atoms with Crippen molar-refractivity contribution in [3.8, 4) is 11.6 Å². The molecule has 0 unspecified atom stereocenters. The maximum absolute atomic E-state index is 13.6. The van der Waals surface area contributed by atoms with Crippen LogP contribution in [0.15, 0.2) is 35.1 Å². The predicted octanol–water partition coefficient (Wildman–Crippen LogP) is 3.67. The van der Waals surface area contributed by atoms with Gasteiger partial charge in [0.2, 0.25) is 5.88 Å². The Morgan fingerprint density at radius 1 is 1.35 bits per heavy atom. The SMILES string of the molecule is CCCNCc1cncc(Oc2cc(Br)ccc2F)n1. The quantitative estimate of drug-likeness (QED) is 0.815. The first kappa shape index (κ1) is 14.9. The molecule has 0 atom stereocenters. The van der Waals surface area contributed by atoms with Crippen molar-refractivity contribution in [2.24, 2.45) is 0 Å². The fourth-order valence-electron chi connectivity index (χ4n) is 1.58. The lowest BCUT2D eigenvalue weighted by atomic mass is 10.3. The number of hydrogen-bond donors (Lipinski definition) is 1. The highest BCUT2D eigenvalue weighted by molar-refractivity contribution is 9.10. The minimum Gasteiger partial charge on any atom is -0.434 e. The van der Waals surface area contributed by atoms with Gasteiger partial charge in [0.05, 0.1) is 11.9 Å². The molecule has 0 aliphatic heterocycles. The van der Waals surface area contributed by atoms with E-state index in [9.17, 15) is 4.39 Å². The first-order valence-corrected chi connectivity index (χ1v) is 7.13. The fraction of sp³-hybridized carbons (Fsp3) is 0.286. The van der Waals surface area contributed by atoms with E-state index in [4.69, 9.17) is 4.74 Å².